The van der Waals surface area contributed by atoms with Crippen LogP contribution in [0.2, 0.25) is 0 Å². The number of aromatic amines is 1. The number of nitrogens with zero attached hydrogens (tertiary/aromatic N) is 4. The van der Waals surface area contributed by atoms with Crippen molar-refractivity contribution < 1.29 is 9.53 Å². The van der Waals surface area contributed by atoms with Gasteiger partial charge in [0.15, 0.2) is 0 Å². The number of amides is 1. The SMILES string of the molecule is CC(C)(C)OC(=O)N1CCCCCCN(c2ncnc3[nH]ccc23)CCC1. The second-order valence-electron chi connectivity index (χ2n) is 8.16. The standard InChI is InChI=1S/C20H31N5O2/c1-20(2,3)27-19(26)25-12-7-5-4-6-11-24(13-8-14-25)18-16-9-10-21-17(16)22-15-23-18/h9-10,15H,4-8,11-14H2,1-3H3,(H,21,22,23). The van der Waals surface area contributed by atoms with E-state index in [0.717, 1.165) is 68.6 Å². The summed E-state index contributed by atoms with van der Waals surface area (Å²) in [4.78, 5) is 28.7. The molecule has 0 atom stereocenters. The van der Waals surface area contributed by atoms with E-state index in [1.807, 2.05) is 37.9 Å². The van der Waals surface area contributed by atoms with Gasteiger partial charge in [0.1, 0.15) is 23.4 Å². The lowest BCUT2D eigenvalue weighted by molar-refractivity contribution is 0.0246. The van der Waals surface area contributed by atoms with Crippen LogP contribution < -0.4 is 4.90 Å². The second-order valence-corrected chi connectivity index (χ2v) is 8.16. The molecular weight excluding hydrogens is 342 g/mol. The van der Waals surface area contributed by atoms with E-state index in [9.17, 15) is 4.79 Å². The number of carbonyl (C=O) groups excluding carboxylic acids is 1. The summed E-state index contributed by atoms with van der Waals surface area (Å²) >= 11 is 0. The average Bonchev–Trinajstić information content (AvgIpc) is 3.06. The zero-order valence-electron chi connectivity index (χ0n) is 16.7. The third-order valence-corrected chi connectivity index (χ3v) is 4.75. The number of hydrogen-bond donors (Lipinski definition) is 1. The number of hydrogen-bond acceptors (Lipinski definition) is 5. The van der Waals surface area contributed by atoms with Crippen molar-refractivity contribution in [3.05, 3.63) is 18.6 Å². The summed E-state index contributed by atoms with van der Waals surface area (Å²) in [6.45, 7) is 9.04. The number of nitrogens with one attached hydrogen (secondary N) is 1. The van der Waals surface area contributed by atoms with E-state index in [2.05, 4.69) is 19.9 Å². The number of ether oxygens (including phenoxy) is 1. The number of fused-ring (bicyclic) bond motifs is 1. The van der Waals surface area contributed by atoms with E-state index in [4.69, 9.17) is 4.74 Å². The van der Waals surface area contributed by atoms with Crippen LogP contribution in [0.1, 0.15) is 52.9 Å². The van der Waals surface area contributed by atoms with Gasteiger partial charge >= 0.3 is 6.09 Å². The lowest BCUT2D eigenvalue weighted by Crippen LogP contribution is -2.39. The highest BCUT2D eigenvalue weighted by molar-refractivity contribution is 5.87. The number of aromatic nitrogens is 3. The quantitative estimate of drug-likeness (QED) is 0.819. The van der Waals surface area contributed by atoms with Gasteiger partial charge in [0.25, 0.3) is 0 Å². The summed E-state index contributed by atoms with van der Waals surface area (Å²) in [7, 11) is 0. The Bertz CT molecular complexity index is 752. The fourth-order valence-corrected chi connectivity index (χ4v) is 3.47. The van der Waals surface area contributed by atoms with Gasteiger partial charge in [-0.25, -0.2) is 14.8 Å². The smallest absolute Gasteiger partial charge is 0.410 e. The molecule has 1 amide bonds. The number of anilines is 1. The molecule has 0 saturated carbocycles. The van der Waals surface area contributed by atoms with Gasteiger partial charge < -0.3 is 19.5 Å². The van der Waals surface area contributed by atoms with Crippen LogP contribution in [-0.4, -0.2) is 57.7 Å². The van der Waals surface area contributed by atoms with Crippen LogP contribution in [0.3, 0.4) is 0 Å². The average molecular weight is 374 g/mol. The third-order valence-electron chi connectivity index (χ3n) is 4.75. The molecule has 2 aromatic rings. The highest BCUT2D eigenvalue weighted by Crippen LogP contribution is 2.23. The van der Waals surface area contributed by atoms with E-state index < -0.39 is 5.60 Å². The summed E-state index contributed by atoms with van der Waals surface area (Å²) in [5.41, 5.74) is 0.403. The van der Waals surface area contributed by atoms with Crippen LogP contribution in [-0.2, 0) is 4.74 Å². The molecule has 7 heteroatoms. The lowest BCUT2D eigenvalue weighted by atomic mass is 10.2. The molecule has 27 heavy (non-hydrogen) atoms. The second kappa shape index (κ2) is 8.59. The molecule has 1 aliphatic heterocycles. The molecule has 1 aliphatic rings. The highest BCUT2D eigenvalue weighted by atomic mass is 16.6. The molecule has 0 radical (unpaired) electrons. The summed E-state index contributed by atoms with van der Waals surface area (Å²) in [6, 6.07) is 2.03. The minimum atomic E-state index is -0.462. The first-order chi connectivity index (χ1) is 12.9. The first-order valence-corrected chi connectivity index (χ1v) is 9.95. The van der Waals surface area contributed by atoms with Crippen molar-refractivity contribution in [2.45, 2.75) is 58.5 Å². The molecule has 2 aromatic heterocycles. The van der Waals surface area contributed by atoms with E-state index >= 15 is 0 Å². The molecule has 7 nitrogen and oxygen atoms in total. The summed E-state index contributed by atoms with van der Waals surface area (Å²) in [5.74, 6) is 0.976. The van der Waals surface area contributed by atoms with Gasteiger partial charge in [-0.2, -0.15) is 0 Å². The summed E-state index contributed by atoms with van der Waals surface area (Å²) in [5, 5.41) is 1.05. The highest BCUT2D eigenvalue weighted by Gasteiger charge is 2.22. The van der Waals surface area contributed by atoms with Crippen molar-refractivity contribution in [2.75, 3.05) is 31.1 Å². The van der Waals surface area contributed by atoms with Gasteiger partial charge in [-0.1, -0.05) is 12.8 Å². The molecule has 0 unspecified atom stereocenters. The van der Waals surface area contributed by atoms with Crippen LogP contribution >= 0.6 is 0 Å². The van der Waals surface area contributed by atoms with Gasteiger partial charge in [-0.3, -0.25) is 0 Å². The van der Waals surface area contributed by atoms with Gasteiger partial charge in [-0.15, -0.1) is 0 Å². The van der Waals surface area contributed by atoms with Crippen LogP contribution in [0.4, 0.5) is 10.6 Å². The van der Waals surface area contributed by atoms with Crippen LogP contribution in [0.15, 0.2) is 18.6 Å². The zero-order chi connectivity index (χ0) is 19.3. The van der Waals surface area contributed by atoms with Crippen LogP contribution in [0.5, 0.6) is 0 Å². The number of rotatable bonds is 1. The predicted octanol–water partition coefficient (Wildman–Crippen LogP) is 3.97. The van der Waals surface area contributed by atoms with Gasteiger partial charge in [0, 0.05) is 32.4 Å². The topological polar surface area (TPSA) is 74.3 Å². The molecule has 148 valence electrons. The van der Waals surface area contributed by atoms with Crippen LogP contribution in [0.25, 0.3) is 11.0 Å². The number of carbonyl (C=O) groups is 1. The first-order valence-electron chi connectivity index (χ1n) is 9.95. The van der Waals surface area contributed by atoms with E-state index in [-0.39, 0.29) is 6.09 Å². The normalized spacial score (nSPS) is 17.6. The van der Waals surface area contributed by atoms with E-state index in [1.54, 1.807) is 6.33 Å². The van der Waals surface area contributed by atoms with Gasteiger partial charge in [-0.05, 0) is 46.1 Å². The van der Waals surface area contributed by atoms with Crippen molar-refractivity contribution >= 4 is 22.9 Å². The van der Waals surface area contributed by atoms with Gasteiger partial charge in [0.2, 0.25) is 0 Å². The van der Waals surface area contributed by atoms with Crippen molar-refractivity contribution in [1.29, 1.82) is 0 Å². The molecule has 0 spiro atoms. The Hall–Kier alpha value is -2.31. The molecular formula is C20H31N5O2. The maximum atomic E-state index is 12.5. The Morgan fingerprint density at radius 2 is 1.74 bits per heavy atom. The van der Waals surface area contributed by atoms with Gasteiger partial charge in [0.05, 0.1) is 5.39 Å². The molecule has 1 saturated heterocycles. The Labute approximate surface area is 161 Å². The fourth-order valence-electron chi connectivity index (χ4n) is 3.47. The Morgan fingerprint density at radius 1 is 1.04 bits per heavy atom. The first kappa shape index (κ1) is 19.5. The van der Waals surface area contributed by atoms with E-state index in [1.165, 1.54) is 0 Å². The third kappa shape index (κ3) is 5.34. The molecule has 0 aromatic carbocycles. The van der Waals surface area contributed by atoms with E-state index in [0.29, 0.717) is 6.54 Å². The Morgan fingerprint density at radius 3 is 2.52 bits per heavy atom. The minimum absolute atomic E-state index is 0.205. The molecule has 3 heterocycles. The molecule has 0 bridgehead atoms. The number of H-pyrrole nitrogens is 1. The Balaban J connectivity index is 1.71. The van der Waals surface area contributed by atoms with Crippen LogP contribution in [0, 0.1) is 0 Å². The summed E-state index contributed by atoms with van der Waals surface area (Å²) in [6.07, 6.45) is 8.62. The lowest BCUT2D eigenvalue weighted by Gasteiger charge is -2.28. The largest absolute Gasteiger partial charge is 0.444 e. The van der Waals surface area contributed by atoms with Crippen molar-refractivity contribution in [2.24, 2.45) is 0 Å². The molecule has 1 N–H and O–H groups in total. The van der Waals surface area contributed by atoms with Crippen molar-refractivity contribution in [3.8, 4) is 0 Å². The summed E-state index contributed by atoms with van der Waals surface area (Å²) < 4.78 is 5.58. The minimum Gasteiger partial charge on any atom is -0.444 e. The molecule has 1 fully saturated rings. The maximum Gasteiger partial charge on any atom is 0.410 e. The van der Waals surface area contributed by atoms with Crippen molar-refractivity contribution in [3.63, 3.8) is 0 Å². The van der Waals surface area contributed by atoms with Crippen molar-refractivity contribution in [1.82, 2.24) is 19.9 Å². The fraction of sp³-hybridized carbons (Fsp3) is 0.650. The predicted molar refractivity (Wildman–Crippen MR) is 107 cm³/mol. The Kier molecular flexibility index (Phi) is 6.19. The monoisotopic (exact) mass is 373 g/mol. The molecule has 3 rings (SSSR count). The zero-order valence-corrected chi connectivity index (χ0v) is 16.7. The maximum absolute atomic E-state index is 12.5. The molecule has 0 aliphatic carbocycles.